The predicted octanol–water partition coefficient (Wildman–Crippen LogP) is 5.57. The number of benzene rings is 2. The van der Waals surface area contributed by atoms with Gasteiger partial charge in [0, 0.05) is 29.7 Å². The van der Waals surface area contributed by atoms with Crippen LogP contribution in [-0.2, 0) is 4.79 Å². The molecule has 0 saturated carbocycles. The molecular formula is C21H22ClN3OS. The third kappa shape index (κ3) is 4.67. The van der Waals surface area contributed by atoms with Gasteiger partial charge in [-0.15, -0.1) is 22.9 Å². The quantitative estimate of drug-likeness (QED) is 0.528. The highest BCUT2D eigenvalue weighted by molar-refractivity contribution is 7.14. The highest BCUT2D eigenvalue weighted by Gasteiger charge is 2.18. The zero-order valence-electron chi connectivity index (χ0n) is 15.4. The van der Waals surface area contributed by atoms with Crippen LogP contribution in [0.1, 0.15) is 24.8 Å². The Labute approximate surface area is 168 Å². The second-order valence-corrected chi connectivity index (χ2v) is 7.30. The topological polar surface area (TPSA) is 45.2 Å². The van der Waals surface area contributed by atoms with Gasteiger partial charge in [0.05, 0.1) is 5.69 Å². The fraction of sp³-hybridized carbons (Fsp3) is 0.238. The molecule has 4 nitrogen and oxygen atoms in total. The number of nitrogens with one attached hydrogen (secondary N) is 1. The summed E-state index contributed by atoms with van der Waals surface area (Å²) in [6.07, 6.45) is 0. The third-order valence-corrected chi connectivity index (χ3v) is 5.63. The average molecular weight is 400 g/mol. The van der Waals surface area contributed by atoms with Crippen LogP contribution < -0.4 is 10.2 Å². The molecule has 1 atom stereocenters. The van der Waals surface area contributed by atoms with Crippen molar-refractivity contribution < 1.29 is 4.79 Å². The van der Waals surface area contributed by atoms with E-state index in [4.69, 9.17) is 16.6 Å². The number of aromatic nitrogens is 1. The Morgan fingerprint density at radius 2 is 1.89 bits per heavy atom. The van der Waals surface area contributed by atoms with E-state index in [0.29, 0.717) is 5.69 Å². The van der Waals surface area contributed by atoms with Gasteiger partial charge in [0.1, 0.15) is 5.38 Å². The third-order valence-electron chi connectivity index (χ3n) is 4.27. The number of alkyl halides is 1. The number of amides is 1. The summed E-state index contributed by atoms with van der Waals surface area (Å²) in [4.78, 5) is 19.4. The van der Waals surface area contributed by atoms with Crippen LogP contribution in [0.5, 0.6) is 0 Å². The molecule has 6 heteroatoms. The van der Waals surface area contributed by atoms with Crippen LogP contribution >= 0.6 is 22.9 Å². The van der Waals surface area contributed by atoms with Gasteiger partial charge in [-0.05, 0) is 31.5 Å². The van der Waals surface area contributed by atoms with E-state index in [1.165, 1.54) is 0 Å². The summed E-state index contributed by atoms with van der Waals surface area (Å²) in [6.45, 7) is 6.10. The maximum absolute atomic E-state index is 12.5. The van der Waals surface area contributed by atoms with Crippen LogP contribution in [0.15, 0.2) is 60.0 Å². The minimum atomic E-state index is -0.733. The van der Waals surface area contributed by atoms with Gasteiger partial charge in [0.15, 0.2) is 5.13 Å². The van der Waals surface area contributed by atoms with Crippen molar-refractivity contribution in [3.05, 3.63) is 65.5 Å². The average Bonchev–Trinajstić information content (AvgIpc) is 3.19. The zero-order chi connectivity index (χ0) is 19.2. The van der Waals surface area contributed by atoms with Crippen LogP contribution in [0.2, 0.25) is 0 Å². The van der Waals surface area contributed by atoms with Gasteiger partial charge in [-0.1, -0.05) is 42.5 Å². The molecule has 0 aliphatic carbocycles. The number of carbonyl (C=O) groups excluding carboxylic acids is 1. The van der Waals surface area contributed by atoms with E-state index in [1.807, 2.05) is 60.0 Å². The highest BCUT2D eigenvalue weighted by Crippen LogP contribution is 2.29. The number of rotatable bonds is 7. The van der Waals surface area contributed by atoms with E-state index in [0.717, 1.165) is 35.0 Å². The minimum Gasteiger partial charge on any atom is -0.349 e. The van der Waals surface area contributed by atoms with Crippen molar-refractivity contribution in [3.8, 4) is 11.3 Å². The molecule has 0 bridgehead atoms. The smallest absolute Gasteiger partial charge is 0.246 e. The largest absolute Gasteiger partial charge is 0.349 e. The maximum Gasteiger partial charge on any atom is 0.246 e. The SMILES string of the molecule is CCN(CC)c1nc(-c2cccc(NC(=O)[C@H](Cl)c3ccccc3)c2)cs1. The summed E-state index contributed by atoms with van der Waals surface area (Å²) in [5, 5.41) is 5.22. The van der Waals surface area contributed by atoms with E-state index >= 15 is 0 Å². The molecule has 1 aromatic heterocycles. The first-order valence-corrected chi connectivity index (χ1v) is 10.2. The molecule has 2 aromatic carbocycles. The molecular weight excluding hydrogens is 378 g/mol. The van der Waals surface area contributed by atoms with Crippen molar-refractivity contribution in [2.45, 2.75) is 19.2 Å². The second-order valence-electron chi connectivity index (χ2n) is 6.03. The van der Waals surface area contributed by atoms with Crippen LogP contribution in [0.3, 0.4) is 0 Å². The lowest BCUT2D eigenvalue weighted by Crippen LogP contribution is -2.21. The number of carbonyl (C=O) groups is 1. The summed E-state index contributed by atoms with van der Waals surface area (Å²) < 4.78 is 0. The van der Waals surface area contributed by atoms with Crippen molar-refractivity contribution in [1.82, 2.24) is 4.98 Å². The maximum atomic E-state index is 12.5. The van der Waals surface area contributed by atoms with E-state index in [2.05, 4.69) is 24.1 Å². The summed E-state index contributed by atoms with van der Waals surface area (Å²) in [6, 6.07) is 17.0. The lowest BCUT2D eigenvalue weighted by molar-refractivity contribution is -0.116. The second kappa shape index (κ2) is 9.02. The van der Waals surface area contributed by atoms with Crippen LogP contribution in [0.25, 0.3) is 11.3 Å². The van der Waals surface area contributed by atoms with Gasteiger partial charge in [-0.25, -0.2) is 4.98 Å². The van der Waals surface area contributed by atoms with Gasteiger partial charge in [0.2, 0.25) is 5.91 Å². The number of nitrogens with zero attached hydrogens (tertiary/aromatic N) is 2. The molecule has 0 aliphatic heterocycles. The zero-order valence-corrected chi connectivity index (χ0v) is 16.9. The molecule has 1 amide bonds. The molecule has 1 N–H and O–H groups in total. The van der Waals surface area contributed by atoms with Gasteiger partial charge in [-0.3, -0.25) is 4.79 Å². The van der Waals surface area contributed by atoms with Crippen LogP contribution in [0, 0.1) is 0 Å². The van der Waals surface area contributed by atoms with Crippen molar-refractivity contribution in [2.75, 3.05) is 23.3 Å². The first-order chi connectivity index (χ1) is 13.1. The number of hydrogen-bond donors (Lipinski definition) is 1. The Kier molecular flexibility index (Phi) is 6.48. The fourth-order valence-electron chi connectivity index (χ4n) is 2.77. The number of hydrogen-bond acceptors (Lipinski definition) is 4. The fourth-order valence-corrected chi connectivity index (χ4v) is 3.94. The normalized spacial score (nSPS) is 11.8. The van der Waals surface area contributed by atoms with Gasteiger partial charge in [-0.2, -0.15) is 0 Å². The molecule has 0 fully saturated rings. The van der Waals surface area contributed by atoms with Crippen molar-refractivity contribution in [3.63, 3.8) is 0 Å². The van der Waals surface area contributed by atoms with Crippen LogP contribution in [0.4, 0.5) is 10.8 Å². The standard InChI is InChI=1S/C21H22ClN3OS/c1-3-25(4-2)21-24-18(14-27-21)16-11-8-12-17(13-16)23-20(26)19(22)15-9-6-5-7-10-15/h5-14,19H,3-4H2,1-2H3,(H,23,26)/t19-/m1/s1. The lowest BCUT2D eigenvalue weighted by atomic mass is 10.1. The molecule has 0 spiro atoms. The Hall–Kier alpha value is -2.37. The lowest BCUT2D eigenvalue weighted by Gasteiger charge is -2.16. The van der Waals surface area contributed by atoms with Gasteiger partial charge < -0.3 is 10.2 Å². The summed E-state index contributed by atoms with van der Waals surface area (Å²) in [7, 11) is 0. The first kappa shape index (κ1) is 19.4. The number of halogens is 1. The monoisotopic (exact) mass is 399 g/mol. The van der Waals surface area contributed by atoms with E-state index in [-0.39, 0.29) is 5.91 Å². The van der Waals surface area contributed by atoms with E-state index in [9.17, 15) is 4.79 Å². The molecule has 0 radical (unpaired) electrons. The molecule has 27 heavy (non-hydrogen) atoms. The van der Waals surface area contributed by atoms with E-state index < -0.39 is 5.38 Å². The molecule has 0 unspecified atom stereocenters. The Morgan fingerprint density at radius 1 is 1.15 bits per heavy atom. The van der Waals surface area contributed by atoms with E-state index in [1.54, 1.807) is 11.3 Å². The summed E-state index contributed by atoms with van der Waals surface area (Å²) in [5.41, 5.74) is 3.35. The van der Waals surface area contributed by atoms with Crippen molar-refractivity contribution >= 4 is 39.7 Å². The Balaban J connectivity index is 1.75. The van der Waals surface area contributed by atoms with Crippen molar-refractivity contribution in [2.24, 2.45) is 0 Å². The molecule has 3 rings (SSSR count). The first-order valence-electron chi connectivity index (χ1n) is 8.93. The molecule has 3 aromatic rings. The highest BCUT2D eigenvalue weighted by atomic mass is 35.5. The molecule has 0 aliphatic rings. The minimum absolute atomic E-state index is 0.248. The Morgan fingerprint density at radius 3 is 2.59 bits per heavy atom. The Bertz CT molecular complexity index is 893. The van der Waals surface area contributed by atoms with Gasteiger partial charge in [0.25, 0.3) is 0 Å². The number of thiazole rings is 1. The summed E-state index contributed by atoms with van der Waals surface area (Å²) >= 11 is 7.94. The predicted molar refractivity (Wildman–Crippen MR) is 115 cm³/mol. The molecule has 140 valence electrons. The summed E-state index contributed by atoms with van der Waals surface area (Å²) in [5.74, 6) is -0.248. The van der Waals surface area contributed by atoms with Crippen molar-refractivity contribution in [1.29, 1.82) is 0 Å². The molecule has 0 saturated heterocycles. The molecule has 1 heterocycles. The van der Waals surface area contributed by atoms with Crippen LogP contribution in [-0.4, -0.2) is 24.0 Å². The number of anilines is 2. The van der Waals surface area contributed by atoms with Gasteiger partial charge >= 0.3 is 0 Å².